The average Bonchev–Trinajstić information content (AvgIpc) is 3.09. The zero-order valence-electron chi connectivity index (χ0n) is 11.1. The monoisotopic (exact) mass is 308 g/mol. The molecule has 1 aliphatic rings. The van der Waals surface area contributed by atoms with Gasteiger partial charge >= 0.3 is 0 Å². The second-order valence-corrected chi connectivity index (χ2v) is 6.78. The van der Waals surface area contributed by atoms with Gasteiger partial charge in [-0.05, 0) is 36.4 Å². The molecule has 0 saturated carbocycles. The molecule has 0 aliphatic carbocycles. The van der Waals surface area contributed by atoms with E-state index in [4.69, 9.17) is 0 Å². The summed E-state index contributed by atoms with van der Waals surface area (Å²) in [5, 5.41) is 5.59. The Kier molecular flexibility index (Phi) is 3.25. The Morgan fingerprint density at radius 2 is 1.86 bits per heavy atom. The maximum atomic E-state index is 4.59. The van der Waals surface area contributed by atoms with Crippen molar-refractivity contribution in [1.82, 2.24) is 4.98 Å². The second kappa shape index (κ2) is 5.39. The Bertz CT molecular complexity index is 802. The highest BCUT2D eigenvalue weighted by Crippen LogP contribution is 2.40. The van der Waals surface area contributed by atoms with Crippen molar-refractivity contribution in [3.8, 4) is 0 Å². The van der Waals surface area contributed by atoms with E-state index in [1.807, 2.05) is 24.3 Å². The summed E-state index contributed by atoms with van der Waals surface area (Å²) in [6.45, 7) is 0. The third-order valence-electron chi connectivity index (χ3n) is 3.16. The van der Waals surface area contributed by atoms with Crippen LogP contribution in [0.15, 0.2) is 70.6 Å². The molecule has 0 spiro atoms. The van der Waals surface area contributed by atoms with E-state index in [-0.39, 0.29) is 0 Å². The third-order valence-corrected chi connectivity index (χ3v) is 5.20. The Labute approximate surface area is 131 Å². The molecule has 0 fully saturated rings. The number of para-hydroxylation sites is 2. The van der Waals surface area contributed by atoms with Crippen molar-refractivity contribution >= 4 is 45.1 Å². The fraction of sp³-hybridized carbons (Fsp3) is 0. The molecule has 0 saturated heterocycles. The molecule has 0 unspecified atom stereocenters. The number of hydrogen-bond donors (Lipinski definition) is 1. The first-order valence-electron chi connectivity index (χ1n) is 6.66. The maximum absolute atomic E-state index is 4.59. The SMILES string of the molecule is C(=C/c1nc2ccccc2s1)/C=C1/Nc2ccccc2S1. The summed E-state index contributed by atoms with van der Waals surface area (Å²) in [6.07, 6.45) is 6.21. The summed E-state index contributed by atoms with van der Waals surface area (Å²) in [6, 6.07) is 16.6. The Morgan fingerprint density at radius 3 is 2.76 bits per heavy atom. The molecule has 0 atom stereocenters. The lowest BCUT2D eigenvalue weighted by Gasteiger charge is -1.95. The van der Waals surface area contributed by atoms with Gasteiger partial charge in [-0.1, -0.05) is 42.1 Å². The fourth-order valence-electron chi connectivity index (χ4n) is 2.19. The Morgan fingerprint density at radius 1 is 1.00 bits per heavy atom. The molecule has 4 heteroatoms. The first-order chi connectivity index (χ1) is 10.4. The number of allylic oxidation sites excluding steroid dienone is 2. The number of aromatic nitrogens is 1. The zero-order chi connectivity index (χ0) is 14.1. The van der Waals surface area contributed by atoms with Crippen LogP contribution in [0.5, 0.6) is 0 Å². The van der Waals surface area contributed by atoms with Crippen molar-refractivity contribution < 1.29 is 0 Å². The number of thiazole rings is 1. The van der Waals surface area contributed by atoms with Gasteiger partial charge in [0.15, 0.2) is 0 Å². The largest absolute Gasteiger partial charge is 0.349 e. The van der Waals surface area contributed by atoms with E-state index in [1.54, 1.807) is 23.1 Å². The average molecular weight is 308 g/mol. The number of hydrogen-bond acceptors (Lipinski definition) is 4. The van der Waals surface area contributed by atoms with Crippen LogP contribution in [0.25, 0.3) is 16.3 Å². The third kappa shape index (κ3) is 2.60. The smallest absolute Gasteiger partial charge is 0.117 e. The van der Waals surface area contributed by atoms with Gasteiger partial charge in [0.05, 0.1) is 20.9 Å². The van der Waals surface area contributed by atoms with E-state index >= 15 is 0 Å². The standard InChI is InChI=1S/C17H12N2S2/c1-3-8-14-12(6-1)18-16(20-14)10-5-11-17-19-13-7-2-4-9-15(13)21-17/h1-11,18H/b11-5-,16-10-. The number of rotatable bonds is 2. The highest BCUT2D eigenvalue weighted by atomic mass is 32.2. The van der Waals surface area contributed by atoms with E-state index in [0.717, 1.165) is 15.6 Å². The van der Waals surface area contributed by atoms with Crippen LogP contribution in [0.1, 0.15) is 5.01 Å². The maximum Gasteiger partial charge on any atom is 0.117 e. The molecular weight excluding hydrogens is 296 g/mol. The molecule has 0 radical (unpaired) electrons. The van der Waals surface area contributed by atoms with Crippen LogP contribution in [-0.2, 0) is 0 Å². The van der Waals surface area contributed by atoms with Crippen LogP contribution in [0.2, 0.25) is 0 Å². The molecule has 1 N–H and O–H groups in total. The summed E-state index contributed by atoms with van der Waals surface area (Å²) in [5.41, 5.74) is 2.25. The van der Waals surface area contributed by atoms with Gasteiger partial charge in [0.1, 0.15) is 5.01 Å². The van der Waals surface area contributed by atoms with Crippen molar-refractivity contribution in [2.75, 3.05) is 5.32 Å². The molecule has 2 aromatic carbocycles. The Balaban J connectivity index is 1.53. The van der Waals surface area contributed by atoms with E-state index in [2.05, 4.69) is 52.8 Å². The van der Waals surface area contributed by atoms with Crippen LogP contribution in [-0.4, -0.2) is 4.98 Å². The van der Waals surface area contributed by atoms with Crippen LogP contribution in [0, 0.1) is 0 Å². The summed E-state index contributed by atoms with van der Waals surface area (Å²) < 4.78 is 1.23. The number of nitrogens with one attached hydrogen (secondary N) is 1. The molecule has 4 rings (SSSR count). The number of thioether (sulfide) groups is 1. The summed E-state index contributed by atoms with van der Waals surface area (Å²) >= 11 is 3.47. The zero-order valence-corrected chi connectivity index (χ0v) is 12.7. The van der Waals surface area contributed by atoms with Gasteiger partial charge in [-0.2, -0.15) is 0 Å². The van der Waals surface area contributed by atoms with Gasteiger partial charge in [-0.3, -0.25) is 0 Å². The van der Waals surface area contributed by atoms with Crippen LogP contribution in [0.4, 0.5) is 5.69 Å². The molecule has 1 aliphatic heterocycles. The first-order valence-corrected chi connectivity index (χ1v) is 8.30. The van der Waals surface area contributed by atoms with Crippen molar-refractivity contribution in [3.63, 3.8) is 0 Å². The van der Waals surface area contributed by atoms with Crippen LogP contribution >= 0.6 is 23.1 Å². The molecule has 0 amide bonds. The molecule has 0 bridgehead atoms. The van der Waals surface area contributed by atoms with Crippen molar-refractivity contribution in [1.29, 1.82) is 0 Å². The minimum absolute atomic E-state index is 1.04. The van der Waals surface area contributed by atoms with Crippen LogP contribution < -0.4 is 5.32 Å². The van der Waals surface area contributed by atoms with Crippen molar-refractivity contribution in [3.05, 3.63) is 70.7 Å². The van der Waals surface area contributed by atoms with Gasteiger partial charge in [0.25, 0.3) is 0 Å². The van der Waals surface area contributed by atoms with E-state index in [9.17, 15) is 0 Å². The Hall–Kier alpha value is -2.04. The number of fused-ring (bicyclic) bond motifs is 2. The fourth-order valence-corrected chi connectivity index (χ4v) is 3.99. The molecule has 1 aromatic heterocycles. The van der Waals surface area contributed by atoms with E-state index < -0.39 is 0 Å². The van der Waals surface area contributed by atoms with Gasteiger partial charge < -0.3 is 5.32 Å². The van der Waals surface area contributed by atoms with Gasteiger partial charge in [0.2, 0.25) is 0 Å². The van der Waals surface area contributed by atoms with Gasteiger partial charge in [-0.15, -0.1) is 11.3 Å². The lowest BCUT2D eigenvalue weighted by Crippen LogP contribution is -1.86. The van der Waals surface area contributed by atoms with Crippen molar-refractivity contribution in [2.45, 2.75) is 4.90 Å². The molecule has 102 valence electrons. The van der Waals surface area contributed by atoms with Crippen LogP contribution in [0.3, 0.4) is 0 Å². The van der Waals surface area contributed by atoms with E-state index in [0.29, 0.717) is 0 Å². The number of anilines is 1. The number of benzene rings is 2. The topological polar surface area (TPSA) is 24.9 Å². The summed E-state index contributed by atoms with van der Waals surface area (Å²) in [7, 11) is 0. The highest BCUT2D eigenvalue weighted by molar-refractivity contribution is 8.03. The first kappa shape index (κ1) is 12.7. The summed E-state index contributed by atoms with van der Waals surface area (Å²) in [5.74, 6) is 0. The predicted molar refractivity (Wildman–Crippen MR) is 92.7 cm³/mol. The van der Waals surface area contributed by atoms with Crippen molar-refractivity contribution in [2.24, 2.45) is 0 Å². The molecule has 2 heterocycles. The predicted octanol–water partition coefficient (Wildman–Crippen LogP) is 5.37. The minimum atomic E-state index is 1.04. The quantitative estimate of drug-likeness (QED) is 0.689. The minimum Gasteiger partial charge on any atom is -0.349 e. The van der Waals surface area contributed by atoms with Gasteiger partial charge in [-0.25, -0.2) is 4.98 Å². The second-order valence-electron chi connectivity index (χ2n) is 4.63. The number of nitrogens with zero attached hydrogens (tertiary/aromatic N) is 1. The normalized spacial score (nSPS) is 15.7. The van der Waals surface area contributed by atoms with Gasteiger partial charge in [0, 0.05) is 4.90 Å². The highest BCUT2D eigenvalue weighted by Gasteiger charge is 2.13. The lowest BCUT2D eigenvalue weighted by atomic mass is 10.3. The molecule has 2 nitrogen and oxygen atoms in total. The summed E-state index contributed by atoms with van der Waals surface area (Å²) in [4.78, 5) is 5.87. The molecular formula is C17H12N2S2. The lowest BCUT2D eigenvalue weighted by molar-refractivity contribution is 1.46. The van der Waals surface area contributed by atoms with E-state index in [1.165, 1.54) is 15.3 Å². The molecule has 21 heavy (non-hydrogen) atoms. The molecule has 3 aromatic rings.